The highest BCUT2D eigenvalue weighted by Gasteiger charge is 2.18. The van der Waals surface area contributed by atoms with E-state index in [0.29, 0.717) is 19.8 Å². The predicted molar refractivity (Wildman–Crippen MR) is 59.8 cm³/mol. The van der Waals surface area contributed by atoms with E-state index in [1.165, 1.54) is 0 Å². The summed E-state index contributed by atoms with van der Waals surface area (Å²) >= 11 is 0. The van der Waals surface area contributed by atoms with Crippen LogP contribution in [0, 0.1) is 5.41 Å². The second-order valence-electron chi connectivity index (χ2n) is 4.32. The van der Waals surface area contributed by atoms with Gasteiger partial charge in [-0.15, -0.1) is 0 Å². The molecule has 0 fully saturated rings. The number of hydrogen-bond acceptors (Lipinski definition) is 3. The Hall–Kier alpha value is -0.610. The van der Waals surface area contributed by atoms with E-state index >= 15 is 0 Å². The summed E-state index contributed by atoms with van der Waals surface area (Å²) in [5.74, 6) is -0.0534. The van der Waals surface area contributed by atoms with Crippen molar-refractivity contribution in [3.8, 4) is 0 Å². The largest absolute Gasteiger partial charge is 0.385 e. The standard InChI is InChI=1S/C11H23NO3/c1-5-15-8-10(13)12-9-11(2,3)6-7-14-4/h5-9H2,1-4H3,(H,12,13). The van der Waals surface area contributed by atoms with Crippen LogP contribution in [-0.2, 0) is 14.3 Å². The summed E-state index contributed by atoms with van der Waals surface area (Å²) in [6.45, 7) is 8.17. The van der Waals surface area contributed by atoms with Gasteiger partial charge in [0, 0.05) is 26.9 Å². The Labute approximate surface area is 92.3 Å². The summed E-state index contributed by atoms with van der Waals surface area (Å²) < 4.78 is 10.0. The fourth-order valence-corrected chi connectivity index (χ4v) is 1.05. The van der Waals surface area contributed by atoms with Gasteiger partial charge in [0.15, 0.2) is 0 Å². The molecule has 15 heavy (non-hydrogen) atoms. The van der Waals surface area contributed by atoms with Gasteiger partial charge < -0.3 is 14.8 Å². The smallest absolute Gasteiger partial charge is 0.246 e. The highest BCUT2D eigenvalue weighted by atomic mass is 16.5. The van der Waals surface area contributed by atoms with Crippen LogP contribution < -0.4 is 5.32 Å². The Morgan fingerprint density at radius 1 is 1.40 bits per heavy atom. The first-order chi connectivity index (χ1) is 7.02. The molecule has 0 saturated heterocycles. The van der Waals surface area contributed by atoms with Gasteiger partial charge in [-0.3, -0.25) is 4.79 Å². The maximum absolute atomic E-state index is 11.3. The van der Waals surface area contributed by atoms with Crippen LogP contribution in [0.25, 0.3) is 0 Å². The Bertz CT molecular complexity index is 181. The van der Waals surface area contributed by atoms with Crippen LogP contribution in [0.3, 0.4) is 0 Å². The van der Waals surface area contributed by atoms with Gasteiger partial charge in [0.25, 0.3) is 0 Å². The van der Waals surface area contributed by atoms with Crippen LogP contribution in [-0.4, -0.2) is 39.4 Å². The molecular weight excluding hydrogens is 194 g/mol. The van der Waals surface area contributed by atoms with E-state index in [-0.39, 0.29) is 17.9 Å². The first-order valence-electron chi connectivity index (χ1n) is 5.35. The molecule has 0 aromatic carbocycles. The van der Waals surface area contributed by atoms with Crippen LogP contribution in [0.4, 0.5) is 0 Å². The molecule has 1 N–H and O–H groups in total. The molecule has 0 radical (unpaired) electrons. The maximum Gasteiger partial charge on any atom is 0.246 e. The van der Waals surface area contributed by atoms with Gasteiger partial charge in [0.2, 0.25) is 5.91 Å². The molecule has 4 heteroatoms. The average molecular weight is 217 g/mol. The zero-order chi connectivity index (χ0) is 11.7. The van der Waals surface area contributed by atoms with E-state index in [0.717, 1.165) is 6.42 Å². The summed E-state index contributed by atoms with van der Waals surface area (Å²) in [5, 5.41) is 2.85. The van der Waals surface area contributed by atoms with E-state index in [1.54, 1.807) is 7.11 Å². The molecule has 0 heterocycles. The Morgan fingerprint density at radius 2 is 2.07 bits per heavy atom. The molecule has 0 aromatic rings. The van der Waals surface area contributed by atoms with E-state index < -0.39 is 0 Å². The normalized spacial score (nSPS) is 11.5. The summed E-state index contributed by atoms with van der Waals surface area (Å²) in [4.78, 5) is 11.3. The molecule has 0 spiro atoms. The minimum atomic E-state index is -0.0534. The number of amides is 1. The number of methoxy groups -OCH3 is 1. The van der Waals surface area contributed by atoms with E-state index in [1.807, 2.05) is 6.92 Å². The zero-order valence-corrected chi connectivity index (χ0v) is 10.3. The van der Waals surface area contributed by atoms with Crippen molar-refractivity contribution < 1.29 is 14.3 Å². The quantitative estimate of drug-likeness (QED) is 0.664. The van der Waals surface area contributed by atoms with Gasteiger partial charge in [0.1, 0.15) is 6.61 Å². The third-order valence-corrected chi connectivity index (χ3v) is 2.18. The van der Waals surface area contributed by atoms with Crippen molar-refractivity contribution in [2.24, 2.45) is 5.41 Å². The van der Waals surface area contributed by atoms with Crippen LogP contribution in [0.1, 0.15) is 27.2 Å². The number of nitrogens with one attached hydrogen (secondary N) is 1. The second-order valence-corrected chi connectivity index (χ2v) is 4.32. The molecule has 0 aliphatic rings. The molecule has 1 amide bonds. The lowest BCUT2D eigenvalue weighted by Crippen LogP contribution is -2.36. The van der Waals surface area contributed by atoms with Gasteiger partial charge >= 0.3 is 0 Å². The maximum atomic E-state index is 11.3. The molecule has 0 bridgehead atoms. The van der Waals surface area contributed by atoms with Gasteiger partial charge in [-0.2, -0.15) is 0 Å². The molecular formula is C11H23NO3. The summed E-state index contributed by atoms with van der Waals surface area (Å²) in [7, 11) is 1.68. The highest BCUT2D eigenvalue weighted by Crippen LogP contribution is 2.18. The third kappa shape index (κ3) is 8.39. The Balaban J connectivity index is 3.67. The van der Waals surface area contributed by atoms with Crippen molar-refractivity contribution in [3.05, 3.63) is 0 Å². The zero-order valence-electron chi connectivity index (χ0n) is 10.3. The van der Waals surface area contributed by atoms with Crippen LogP contribution >= 0.6 is 0 Å². The number of hydrogen-bond donors (Lipinski definition) is 1. The van der Waals surface area contributed by atoms with Gasteiger partial charge in [-0.1, -0.05) is 13.8 Å². The van der Waals surface area contributed by atoms with Crippen molar-refractivity contribution in [1.82, 2.24) is 5.32 Å². The van der Waals surface area contributed by atoms with Gasteiger partial charge in [-0.05, 0) is 18.8 Å². The monoisotopic (exact) mass is 217 g/mol. The third-order valence-electron chi connectivity index (χ3n) is 2.18. The topological polar surface area (TPSA) is 47.6 Å². The lowest BCUT2D eigenvalue weighted by Gasteiger charge is -2.24. The first kappa shape index (κ1) is 14.4. The number of carbonyl (C=O) groups is 1. The average Bonchev–Trinajstić information content (AvgIpc) is 2.21. The van der Waals surface area contributed by atoms with E-state index in [9.17, 15) is 4.79 Å². The molecule has 0 unspecified atom stereocenters. The molecule has 0 aliphatic carbocycles. The molecule has 0 atom stereocenters. The lowest BCUT2D eigenvalue weighted by molar-refractivity contribution is -0.126. The fourth-order valence-electron chi connectivity index (χ4n) is 1.05. The van der Waals surface area contributed by atoms with Crippen LogP contribution in [0.15, 0.2) is 0 Å². The Morgan fingerprint density at radius 3 is 2.60 bits per heavy atom. The van der Waals surface area contributed by atoms with Crippen molar-refractivity contribution >= 4 is 5.91 Å². The molecule has 0 saturated carbocycles. The first-order valence-corrected chi connectivity index (χ1v) is 5.35. The minimum absolute atomic E-state index is 0.0534. The molecule has 4 nitrogen and oxygen atoms in total. The van der Waals surface area contributed by atoms with Crippen molar-refractivity contribution in [1.29, 1.82) is 0 Å². The second kappa shape index (κ2) is 7.65. The highest BCUT2D eigenvalue weighted by molar-refractivity contribution is 5.77. The molecule has 0 aromatic heterocycles. The predicted octanol–water partition coefficient (Wildman–Crippen LogP) is 1.20. The summed E-state index contributed by atoms with van der Waals surface area (Å²) in [5.41, 5.74) is 0.0673. The summed E-state index contributed by atoms with van der Waals surface area (Å²) in [6.07, 6.45) is 0.929. The number of ether oxygens (including phenoxy) is 2. The van der Waals surface area contributed by atoms with Gasteiger partial charge in [0.05, 0.1) is 0 Å². The Kier molecular flexibility index (Phi) is 7.34. The van der Waals surface area contributed by atoms with Crippen molar-refractivity contribution in [3.63, 3.8) is 0 Å². The van der Waals surface area contributed by atoms with Crippen LogP contribution in [0.5, 0.6) is 0 Å². The SMILES string of the molecule is CCOCC(=O)NCC(C)(C)CCOC. The number of rotatable bonds is 8. The lowest BCUT2D eigenvalue weighted by atomic mass is 9.90. The minimum Gasteiger partial charge on any atom is -0.385 e. The van der Waals surface area contributed by atoms with Gasteiger partial charge in [-0.25, -0.2) is 0 Å². The molecule has 90 valence electrons. The van der Waals surface area contributed by atoms with E-state index in [2.05, 4.69) is 19.2 Å². The van der Waals surface area contributed by atoms with Crippen molar-refractivity contribution in [2.75, 3.05) is 33.5 Å². The molecule has 0 aliphatic heterocycles. The number of carbonyl (C=O) groups excluding carboxylic acids is 1. The summed E-state index contributed by atoms with van der Waals surface area (Å²) in [6, 6.07) is 0. The molecule has 0 rings (SSSR count). The van der Waals surface area contributed by atoms with Crippen LogP contribution in [0.2, 0.25) is 0 Å². The fraction of sp³-hybridized carbons (Fsp3) is 0.909. The van der Waals surface area contributed by atoms with Crippen molar-refractivity contribution in [2.45, 2.75) is 27.2 Å². The van der Waals surface area contributed by atoms with E-state index in [4.69, 9.17) is 9.47 Å².